The van der Waals surface area contributed by atoms with Crippen LogP contribution in [0.2, 0.25) is 0 Å². The first kappa shape index (κ1) is 14.9. The van der Waals surface area contributed by atoms with Gasteiger partial charge in [0.2, 0.25) is 5.78 Å². The summed E-state index contributed by atoms with van der Waals surface area (Å²) in [7, 11) is 1.72. The second-order valence-electron chi connectivity index (χ2n) is 5.42. The van der Waals surface area contributed by atoms with E-state index in [2.05, 4.69) is 26.7 Å². The summed E-state index contributed by atoms with van der Waals surface area (Å²) >= 11 is 1.61. The van der Waals surface area contributed by atoms with Gasteiger partial charge >= 0.3 is 0 Å². The van der Waals surface area contributed by atoms with Crippen LogP contribution < -0.4 is 5.56 Å². The molecule has 0 amide bonds. The third-order valence-corrected chi connectivity index (χ3v) is 5.04. The Morgan fingerprint density at radius 3 is 2.88 bits per heavy atom. The van der Waals surface area contributed by atoms with E-state index in [0.29, 0.717) is 16.9 Å². The van der Waals surface area contributed by atoms with Crippen molar-refractivity contribution in [2.45, 2.75) is 24.4 Å². The zero-order chi connectivity index (χ0) is 16.7. The van der Waals surface area contributed by atoms with Crippen LogP contribution in [-0.2, 0) is 19.3 Å². The van der Waals surface area contributed by atoms with E-state index in [1.165, 1.54) is 4.57 Å². The third kappa shape index (κ3) is 2.22. The highest BCUT2D eigenvalue weighted by atomic mass is 32.2. The Morgan fingerprint density at radius 2 is 2.04 bits per heavy atom. The lowest BCUT2D eigenvalue weighted by atomic mass is 10.2. The van der Waals surface area contributed by atoms with E-state index < -0.39 is 0 Å². The molecule has 122 valence electrons. The highest BCUT2D eigenvalue weighted by Crippen LogP contribution is 2.22. The van der Waals surface area contributed by atoms with E-state index in [1.54, 1.807) is 25.0 Å². The van der Waals surface area contributed by atoms with Gasteiger partial charge in [-0.15, -0.1) is 10.2 Å². The molecule has 0 aliphatic rings. The molecular formula is C16H16N6OS. The van der Waals surface area contributed by atoms with Gasteiger partial charge in [-0.3, -0.25) is 13.8 Å². The summed E-state index contributed by atoms with van der Waals surface area (Å²) in [6, 6.07) is 7.54. The van der Waals surface area contributed by atoms with Crippen LogP contribution in [0.5, 0.6) is 0 Å². The van der Waals surface area contributed by atoms with Gasteiger partial charge in [-0.05, 0) is 19.1 Å². The summed E-state index contributed by atoms with van der Waals surface area (Å²) in [5.41, 5.74) is 0.765. The first-order chi connectivity index (χ1) is 11.7. The van der Waals surface area contributed by atoms with Gasteiger partial charge in [-0.25, -0.2) is 4.98 Å². The number of rotatable bonds is 4. The molecule has 0 aliphatic carbocycles. The molecule has 24 heavy (non-hydrogen) atoms. The predicted molar refractivity (Wildman–Crippen MR) is 93.2 cm³/mol. The van der Waals surface area contributed by atoms with E-state index in [0.717, 1.165) is 23.0 Å². The van der Waals surface area contributed by atoms with Gasteiger partial charge in [-0.1, -0.05) is 23.9 Å². The van der Waals surface area contributed by atoms with E-state index in [9.17, 15) is 4.79 Å². The second kappa shape index (κ2) is 5.79. The highest BCUT2D eigenvalue weighted by Gasteiger charge is 2.15. The van der Waals surface area contributed by atoms with Crippen molar-refractivity contribution in [2.75, 3.05) is 0 Å². The van der Waals surface area contributed by atoms with Crippen LogP contribution in [0.4, 0.5) is 0 Å². The number of imidazole rings is 1. The van der Waals surface area contributed by atoms with Gasteiger partial charge in [0.1, 0.15) is 5.82 Å². The fourth-order valence-corrected chi connectivity index (χ4v) is 3.73. The van der Waals surface area contributed by atoms with Gasteiger partial charge in [0, 0.05) is 26.0 Å². The Bertz CT molecular complexity index is 1090. The number of nitrogens with zero attached hydrogens (tertiary/aromatic N) is 6. The Labute approximate surface area is 142 Å². The van der Waals surface area contributed by atoms with E-state index in [4.69, 9.17) is 0 Å². The summed E-state index contributed by atoms with van der Waals surface area (Å²) in [5.74, 6) is 1.97. The lowest BCUT2D eigenvalue weighted by Gasteiger charge is -2.08. The van der Waals surface area contributed by atoms with Gasteiger partial charge in [0.05, 0.1) is 16.7 Å². The van der Waals surface area contributed by atoms with Crippen LogP contribution in [0.3, 0.4) is 0 Å². The van der Waals surface area contributed by atoms with Crippen molar-refractivity contribution in [3.63, 3.8) is 0 Å². The molecule has 4 aromatic rings. The molecule has 8 heteroatoms. The third-order valence-electron chi connectivity index (χ3n) is 4.04. The second-order valence-corrected chi connectivity index (χ2v) is 6.36. The van der Waals surface area contributed by atoms with Gasteiger partial charge < -0.3 is 4.57 Å². The van der Waals surface area contributed by atoms with E-state index >= 15 is 0 Å². The molecule has 7 nitrogen and oxygen atoms in total. The van der Waals surface area contributed by atoms with Gasteiger partial charge in [-0.2, -0.15) is 0 Å². The molecule has 0 radical (unpaired) electrons. The normalized spacial score (nSPS) is 11.6. The van der Waals surface area contributed by atoms with Crippen LogP contribution in [0.15, 0.2) is 46.6 Å². The molecule has 1 aromatic carbocycles. The van der Waals surface area contributed by atoms with Crippen molar-refractivity contribution in [2.24, 2.45) is 7.05 Å². The molecule has 0 saturated heterocycles. The smallest absolute Gasteiger partial charge is 0.262 e. The molecule has 4 rings (SSSR count). The Hall–Kier alpha value is -2.61. The van der Waals surface area contributed by atoms with Gasteiger partial charge in [0.25, 0.3) is 5.56 Å². The minimum absolute atomic E-state index is 0.0637. The average molecular weight is 340 g/mol. The van der Waals surface area contributed by atoms with Crippen molar-refractivity contribution >= 4 is 28.4 Å². The molecular weight excluding hydrogens is 324 g/mol. The van der Waals surface area contributed by atoms with Crippen molar-refractivity contribution in [1.29, 1.82) is 0 Å². The maximum Gasteiger partial charge on any atom is 0.262 e. The molecule has 0 N–H and O–H groups in total. The minimum Gasteiger partial charge on any atom is -0.326 e. The monoisotopic (exact) mass is 340 g/mol. The van der Waals surface area contributed by atoms with E-state index in [-0.39, 0.29) is 5.56 Å². The van der Waals surface area contributed by atoms with Crippen LogP contribution in [0, 0.1) is 0 Å². The number of fused-ring (bicyclic) bond motifs is 3. The number of hydrogen-bond acceptors (Lipinski definition) is 5. The van der Waals surface area contributed by atoms with Crippen LogP contribution in [0.1, 0.15) is 12.7 Å². The number of aryl methyl sites for hydroxylation is 2. The standard InChI is InChI=1S/C16H16N6OS/c1-3-21-9-8-17-16(21)24-10-13-18-19-15-20(2)14(23)11-6-4-5-7-12(11)22(13)15/h4-9H,3,10H2,1-2H3. The Kier molecular flexibility index (Phi) is 3.61. The van der Waals surface area contributed by atoms with Crippen LogP contribution >= 0.6 is 11.8 Å². The molecule has 0 spiro atoms. The Balaban J connectivity index is 1.84. The summed E-state index contributed by atoms with van der Waals surface area (Å²) in [5, 5.41) is 10.1. The van der Waals surface area contributed by atoms with Crippen molar-refractivity contribution in [1.82, 2.24) is 28.7 Å². The molecule has 0 aliphatic heterocycles. The fraction of sp³-hybridized carbons (Fsp3) is 0.250. The summed E-state index contributed by atoms with van der Waals surface area (Å²) in [6.45, 7) is 2.96. The molecule has 0 saturated carbocycles. The first-order valence-corrected chi connectivity index (χ1v) is 8.65. The number of benzene rings is 1. The number of hydrogen-bond donors (Lipinski definition) is 0. The molecule has 0 bridgehead atoms. The van der Waals surface area contributed by atoms with E-state index in [1.807, 2.05) is 34.9 Å². The number of para-hydroxylation sites is 1. The summed E-state index contributed by atoms with van der Waals surface area (Å²) in [4.78, 5) is 16.8. The highest BCUT2D eigenvalue weighted by molar-refractivity contribution is 7.98. The average Bonchev–Trinajstić information content (AvgIpc) is 3.24. The SMILES string of the molecule is CCn1ccnc1SCc1nnc2n(C)c(=O)c3ccccc3n12. The van der Waals surface area contributed by atoms with Crippen LogP contribution in [0.25, 0.3) is 16.7 Å². The largest absolute Gasteiger partial charge is 0.326 e. The van der Waals surface area contributed by atoms with Gasteiger partial charge in [0.15, 0.2) is 5.16 Å². The molecule has 3 heterocycles. The van der Waals surface area contributed by atoms with Crippen molar-refractivity contribution < 1.29 is 0 Å². The molecule has 3 aromatic heterocycles. The zero-order valence-electron chi connectivity index (χ0n) is 13.4. The molecule has 0 unspecified atom stereocenters. The van der Waals surface area contributed by atoms with Crippen molar-refractivity contribution in [3.05, 3.63) is 52.8 Å². The summed E-state index contributed by atoms with van der Waals surface area (Å²) in [6.07, 6.45) is 3.76. The Morgan fingerprint density at radius 1 is 1.21 bits per heavy atom. The lowest BCUT2D eigenvalue weighted by Crippen LogP contribution is -2.20. The summed E-state index contributed by atoms with van der Waals surface area (Å²) < 4.78 is 5.57. The quantitative estimate of drug-likeness (QED) is 0.532. The first-order valence-electron chi connectivity index (χ1n) is 7.66. The number of thioether (sulfide) groups is 1. The molecule has 0 fully saturated rings. The zero-order valence-corrected chi connectivity index (χ0v) is 14.2. The minimum atomic E-state index is -0.0637. The molecule has 0 atom stereocenters. The lowest BCUT2D eigenvalue weighted by molar-refractivity contribution is 0.680. The predicted octanol–water partition coefficient (Wildman–Crippen LogP) is 2.09. The van der Waals surface area contributed by atoms with Crippen LogP contribution in [-0.4, -0.2) is 28.7 Å². The maximum absolute atomic E-state index is 12.4. The maximum atomic E-state index is 12.4. The number of aromatic nitrogens is 6. The van der Waals surface area contributed by atoms with Crippen molar-refractivity contribution in [3.8, 4) is 0 Å². The topological polar surface area (TPSA) is 70.0 Å². The fourth-order valence-electron chi connectivity index (χ4n) is 2.79.